The molecule has 0 unspecified atom stereocenters. The highest BCUT2D eigenvalue weighted by atomic mass is 17.0. The lowest BCUT2D eigenvalue weighted by Crippen LogP contribution is -2.40. The van der Waals surface area contributed by atoms with Crippen LogP contribution in [0.25, 0.3) is 0 Å². The molecule has 2 N–H and O–H groups in total. The Kier molecular flexibility index (Phi) is 6.63. The highest BCUT2D eigenvalue weighted by molar-refractivity contribution is 5.76. The van der Waals surface area contributed by atoms with Gasteiger partial charge in [-0.05, 0) is 6.42 Å². The van der Waals surface area contributed by atoms with Crippen LogP contribution in [0.15, 0.2) is 0 Å². The van der Waals surface area contributed by atoms with Crippen molar-refractivity contribution < 1.29 is 24.4 Å². The van der Waals surface area contributed by atoms with Crippen LogP contribution < -0.4 is 5.43 Å². The van der Waals surface area contributed by atoms with E-state index >= 15 is 0 Å². The monoisotopic (exact) mass is 206 g/mol. The van der Waals surface area contributed by atoms with Gasteiger partial charge in [0.1, 0.15) is 0 Å². The zero-order chi connectivity index (χ0) is 11.0. The lowest BCUT2D eigenvalue weighted by Gasteiger charge is -2.15. The van der Waals surface area contributed by atoms with Crippen LogP contribution in [0.1, 0.15) is 19.3 Å². The second-order valence-corrected chi connectivity index (χ2v) is 2.40. The summed E-state index contributed by atoms with van der Waals surface area (Å²) in [5, 5.41) is 9.09. The molecule has 1 amide bonds. The van der Waals surface area contributed by atoms with Crippen LogP contribution in [0.4, 0.5) is 0 Å². The first-order valence-corrected chi connectivity index (χ1v) is 3.99. The summed E-state index contributed by atoms with van der Waals surface area (Å²) in [6.07, 6.45) is 0.353. The molecule has 0 heterocycles. The molecule has 0 aliphatic carbocycles. The van der Waals surface area contributed by atoms with Crippen molar-refractivity contribution in [3.63, 3.8) is 0 Å². The first kappa shape index (κ1) is 12.8. The minimum Gasteiger partial charge on any atom is -0.481 e. The van der Waals surface area contributed by atoms with E-state index in [0.717, 1.165) is 5.34 Å². The molecule has 0 aliphatic heterocycles. The van der Waals surface area contributed by atoms with Crippen LogP contribution in [0.2, 0.25) is 0 Å². The van der Waals surface area contributed by atoms with Gasteiger partial charge in [-0.3, -0.25) is 19.3 Å². The van der Waals surface area contributed by atoms with Gasteiger partial charge in [-0.1, -0.05) is 0 Å². The maximum absolute atomic E-state index is 11.0. The minimum atomic E-state index is -0.923. The van der Waals surface area contributed by atoms with Crippen molar-refractivity contribution in [2.75, 3.05) is 14.2 Å². The molecule has 0 rings (SSSR count). The predicted molar refractivity (Wildman–Crippen MR) is 45.5 cm³/mol. The number of aliphatic carboxylic acids is 1. The third-order valence-electron chi connectivity index (χ3n) is 1.34. The van der Waals surface area contributed by atoms with Crippen LogP contribution in [0.3, 0.4) is 0 Å². The van der Waals surface area contributed by atoms with Crippen molar-refractivity contribution in [1.82, 2.24) is 10.8 Å². The molecule has 7 heteroatoms. The first-order valence-electron chi connectivity index (χ1n) is 3.99. The Morgan fingerprint density at radius 3 is 2.29 bits per heavy atom. The molecular formula is C7H14N2O5. The average Bonchev–Trinajstić information content (AvgIpc) is 2.13. The summed E-state index contributed by atoms with van der Waals surface area (Å²) in [6, 6.07) is 0. The summed E-state index contributed by atoms with van der Waals surface area (Å²) >= 11 is 0. The van der Waals surface area contributed by atoms with Gasteiger partial charge in [-0.25, -0.2) is 5.43 Å². The van der Waals surface area contributed by atoms with E-state index in [-0.39, 0.29) is 25.2 Å². The molecule has 0 saturated heterocycles. The second kappa shape index (κ2) is 7.25. The fraction of sp³-hybridized carbons (Fsp3) is 0.714. The number of carbonyl (C=O) groups is 2. The van der Waals surface area contributed by atoms with E-state index in [9.17, 15) is 9.59 Å². The fourth-order valence-corrected chi connectivity index (χ4v) is 0.724. The molecule has 0 saturated carbocycles. The maximum atomic E-state index is 11.0. The van der Waals surface area contributed by atoms with Gasteiger partial charge in [-0.2, -0.15) is 0 Å². The van der Waals surface area contributed by atoms with Crippen molar-refractivity contribution >= 4 is 11.9 Å². The molecule has 0 radical (unpaired) electrons. The molecule has 7 nitrogen and oxygen atoms in total. The van der Waals surface area contributed by atoms with E-state index in [1.54, 1.807) is 0 Å². The summed E-state index contributed by atoms with van der Waals surface area (Å²) in [5.74, 6) is -1.29. The van der Waals surface area contributed by atoms with Crippen molar-refractivity contribution in [3.05, 3.63) is 0 Å². The number of carbonyl (C=O) groups excluding carboxylic acids is 1. The molecule has 82 valence electrons. The highest BCUT2D eigenvalue weighted by Gasteiger charge is 2.08. The van der Waals surface area contributed by atoms with E-state index < -0.39 is 5.97 Å². The van der Waals surface area contributed by atoms with E-state index in [4.69, 9.17) is 5.11 Å². The topological polar surface area (TPSA) is 88.1 Å². The van der Waals surface area contributed by atoms with Gasteiger partial charge in [0.05, 0.1) is 14.2 Å². The molecule has 0 fully saturated rings. The molecule has 14 heavy (non-hydrogen) atoms. The van der Waals surface area contributed by atoms with Crippen LogP contribution in [-0.2, 0) is 19.3 Å². The number of hydrogen-bond donors (Lipinski definition) is 2. The number of hydrazine groups is 1. The lowest BCUT2D eigenvalue weighted by atomic mass is 10.2. The SMILES string of the molecule is CON(NC(=O)CCCC(=O)O)OC. The quantitative estimate of drug-likeness (QED) is 0.556. The molecule has 0 aromatic heterocycles. The van der Waals surface area contributed by atoms with Crippen LogP contribution in [0, 0.1) is 0 Å². The third-order valence-corrected chi connectivity index (χ3v) is 1.34. The number of hydrogen-bond acceptors (Lipinski definition) is 5. The number of rotatable bonds is 7. The summed E-state index contributed by atoms with van der Waals surface area (Å²) in [4.78, 5) is 30.3. The van der Waals surface area contributed by atoms with E-state index in [1.165, 1.54) is 14.2 Å². The van der Waals surface area contributed by atoms with E-state index in [0.29, 0.717) is 0 Å². The van der Waals surface area contributed by atoms with Crippen molar-refractivity contribution in [2.24, 2.45) is 0 Å². The minimum absolute atomic E-state index is 0.0343. The predicted octanol–water partition coefficient (Wildman–Crippen LogP) is -0.303. The number of nitrogens with one attached hydrogen (secondary N) is 1. The van der Waals surface area contributed by atoms with Gasteiger partial charge in [0.2, 0.25) is 5.91 Å². The van der Waals surface area contributed by atoms with E-state index in [1.807, 2.05) is 0 Å². The van der Waals surface area contributed by atoms with Gasteiger partial charge >= 0.3 is 5.97 Å². The van der Waals surface area contributed by atoms with Gasteiger partial charge in [0.25, 0.3) is 0 Å². The Bertz CT molecular complexity index is 193. The number of carboxylic acids is 1. The maximum Gasteiger partial charge on any atom is 0.303 e. The van der Waals surface area contributed by atoms with Crippen LogP contribution in [-0.4, -0.2) is 36.5 Å². The summed E-state index contributed by atoms with van der Waals surface area (Å²) in [5.41, 5.74) is 2.25. The van der Waals surface area contributed by atoms with Crippen molar-refractivity contribution in [2.45, 2.75) is 19.3 Å². The van der Waals surface area contributed by atoms with E-state index in [2.05, 4.69) is 15.1 Å². The summed E-state index contributed by atoms with van der Waals surface area (Å²) in [6.45, 7) is 0. The van der Waals surface area contributed by atoms with Gasteiger partial charge in [0, 0.05) is 18.2 Å². The Hall–Kier alpha value is -1.18. The highest BCUT2D eigenvalue weighted by Crippen LogP contribution is 1.95. The summed E-state index contributed by atoms with van der Waals surface area (Å²) in [7, 11) is 2.64. The number of carboxylic acid groups (broad SMARTS) is 1. The van der Waals surface area contributed by atoms with Crippen molar-refractivity contribution in [3.8, 4) is 0 Å². The molecule has 0 aromatic carbocycles. The molecular weight excluding hydrogens is 192 g/mol. The first-order chi connectivity index (χ1) is 6.60. The summed E-state index contributed by atoms with van der Waals surface area (Å²) < 4.78 is 0. The number of nitrogens with zero attached hydrogens (tertiary/aromatic N) is 1. The molecule has 0 aromatic rings. The Morgan fingerprint density at radius 2 is 1.86 bits per heavy atom. The Balaban J connectivity index is 3.59. The third kappa shape index (κ3) is 6.35. The number of amides is 1. The van der Waals surface area contributed by atoms with Gasteiger partial charge < -0.3 is 5.11 Å². The molecule has 0 spiro atoms. The van der Waals surface area contributed by atoms with Crippen LogP contribution >= 0.6 is 0 Å². The normalized spacial score (nSPS) is 10.2. The van der Waals surface area contributed by atoms with Gasteiger partial charge in [0.15, 0.2) is 0 Å². The Labute approximate surface area is 81.5 Å². The molecule has 0 aliphatic rings. The molecule has 0 atom stereocenters. The van der Waals surface area contributed by atoms with Gasteiger partial charge in [-0.15, -0.1) is 0 Å². The zero-order valence-corrected chi connectivity index (χ0v) is 8.15. The standard InChI is InChI=1S/C7H14N2O5/c1-13-9(14-2)8-6(10)4-3-5-7(11)12/h3-5H2,1-2H3,(H,8,10)(H,11,12). The lowest BCUT2D eigenvalue weighted by molar-refractivity contribution is -0.367. The Morgan fingerprint density at radius 1 is 1.29 bits per heavy atom. The zero-order valence-electron chi connectivity index (χ0n) is 8.15. The fourth-order valence-electron chi connectivity index (χ4n) is 0.724. The smallest absolute Gasteiger partial charge is 0.303 e. The van der Waals surface area contributed by atoms with Crippen LogP contribution in [0.5, 0.6) is 0 Å². The van der Waals surface area contributed by atoms with Crippen molar-refractivity contribution in [1.29, 1.82) is 0 Å². The largest absolute Gasteiger partial charge is 0.481 e. The molecule has 0 bridgehead atoms. The average molecular weight is 206 g/mol. The second-order valence-electron chi connectivity index (χ2n) is 2.40.